The average Bonchev–Trinajstić information content (AvgIpc) is 2.37. The van der Waals surface area contributed by atoms with Crippen molar-refractivity contribution in [3.63, 3.8) is 0 Å². The summed E-state index contributed by atoms with van der Waals surface area (Å²) in [6.07, 6.45) is 8.99. The first-order valence-electron chi connectivity index (χ1n) is 6.95. The van der Waals surface area contributed by atoms with Gasteiger partial charge in [0.2, 0.25) is 0 Å². The molecule has 0 atom stereocenters. The number of hydrogen-bond donors (Lipinski definition) is 0. The van der Waals surface area contributed by atoms with E-state index in [0.29, 0.717) is 0 Å². The summed E-state index contributed by atoms with van der Waals surface area (Å²) in [5, 5.41) is 0. The van der Waals surface area contributed by atoms with Crippen LogP contribution < -0.4 is 0 Å². The van der Waals surface area contributed by atoms with E-state index in [0.717, 1.165) is 30.0 Å². The number of ether oxygens (including phenoxy) is 2. The van der Waals surface area contributed by atoms with Crippen LogP contribution in [0.2, 0.25) is 0 Å². The maximum atomic E-state index is 6.16. The minimum atomic E-state index is 0.179. The standard InChI is InChI=1S/C14H27IO2/c1-3-5-13-6-8-14(12-15,9-7-13)17-11-4-10-16-2/h13H,3-12H2,1-2H3. The van der Waals surface area contributed by atoms with E-state index in [1.54, 1.807) is 7.11 Å². The Morgan fingerprint density at radius 3 is 2.47 bits per heavy atom. The van der Waals surface area contributed by atoms with Crippen LogP contribution in [-0.2, 0) is 9.47 Å². The molecule has 102 valence electrons. The molecule has 0 aromatic carbocycles. The third kappa shape index (κ3) is 5.43. The highest BCUT2D eigenvalue weighted by Gasteiger charge is 2.34. The molecule has 0 unspecified atom stereocenters. The van der Waals surface area contributed by atoms with Crippen molar-refractivity contribution >= 4 is 22.6 Å². The van der Waals surface area contributed by atoms with Gasteiger partial charge in [-0.15, -0.1) is 0 Å². The normalized spacial score (nSPS) is 29.5. The van der Waals surface area contributed by atoms with Gasteiger partial charge in [-0.05, 0) is 38.0 Å². The molecule has 0 amide bonds. The fourth-order valence-electron chi connectivity index (χ4n) is 2.71. The van der Waals surface area contributed by atoms with Gasteiger partial charge in [-0.1, -0.05) is 42.4 Å². The van der Waals surface area contributed by atoms with Crippen molar-refractivity contribution < 1.29 is 9.47 Å². The van der Waals surface area contributed by atoms with Gasteiger partial charge < -0.3 is 9.47 Å². The Hall–Kier alpha value is 0.650. The molecule has 0 spiro atoms. The first kappa shape index (κ1) is 15.7. The molecule has 1 aliphatic carbocycles. The third-order valence-corrected chi connectivity index (χ3v) is 5.25. The molecule has 0 radical (unpaired) electrons. The Bertz CT molecular complexity index is 183. The summed E-state index contributed by atoms with van der Waals surface area (Å²) in [6, 6.07) is 0. The lowest BCUT2D eigenvalue weighted by Gasteiger charge is -2.39. The molecule has 0 N–H and O–H groups in total. The van der Waals surface area contributed by atoms with Gasteiger partial charge in [0, 0.05) is 24.8 Å². The topological polar surface area (TPSA) is 18.5 Å². The molecule has 0 aliphatic heterocycles. The highest BCUT2D eigenvalue weighted by atomic mass is 127. The average molecular weight is 354 g/mol. The van der Waals surface area contributed by atoms with Gasteiger partial charge in [0.05, 0.1) is 5.60 Å². The quantitative estimate of drug-likeness (QED) is 0.369. The van der Waals surface area contributed by atoms with Crippen molar-refractivity contribution in [2.24, 2.45) is 5.92 Å². The maximum absolute atomic E-state index is 6.16. The second kappa shape index (κ2) is 8.70. The molecule has 0 aromatic rings. The zero-order chi connectivity index (χ0) is 12.6. The smallest absolute Gasteiger partial charge is 0.0771 e. The predicted molar refractivity (Wildman–Crippen MR) is 80.9 cm³/mol. The molecule has 1 rings (SSSR count). The Morgan fingerprint density at radius 2 is 1.94 bits per heavy atom. The van der Waals surface area contributed by atoms with Gasteiger partial charge in [0.25, 0.3) is 0 Å². The van der Waals surface area contributed by atoms with Gasteiger partial charge in [-0.25, -0.2) is 0 Å². The van der Waals surface area contributed by atoms with Crippen molar-refractivity contribution in [2.45, 2.75) is 57.5 Å². The van der Waals surface area contributed by atoms with Crippen molar-refractivity contribution in [2.75, 3.05) is 24.8 Å². The maximum Gasteiger partial charge on any atom is 0.0771 e. The Kier molecular flexibility index (Phi) is 8.04. The Balaban J connectivity index is 2.28. The van der Waals surface area contributed by atoms with Crippen LogP contribution in [0.1, 0.15) is 51.9 Å². The van der Waals surface area contributed by atoms with E-state index in [4.69, 9.17) is 9.47 Å². The molecule has 1 saturated carbocycles. The van der Waals surface area contributed by atoms with Gasteiger partial charge in [-0.3, -0.25) is 0 Å². The van der Waals surface area contributed by atoms with Crippen LogP contribution in [0, 0.1) is 5.92 Å². The van der Waals surface area contributed by atoms with Crippen LogP contribution in [0.25, 0.3) is 0 Å². The Labute approximate surface area is 120 Å². The molecule has 3 heteroatoms. The number of halogens is 1. The lowest BCUT2D eigenvalue weighted by Crippen LogP contribution is -2.39. The van der Waals surface area contributed by atoms with E-state index in [9.17, 15) is 0 Å². The van der Waals surface area contributed by atoms with E-state index in [-0.39, 0.29) is 5.60 Å². The van der Waals surface area contributed by atoms with Gasteiger partial charge in [0.1, 0.15) is 0 Å². The van der Waals surface area contributed by atoms with Crippen LogP contribution in [0.15, 0.2) is 0 Å². The van der Waals surface area contributed by atoms with E-state index < -0.39 is 0 Å². The molecular formula is C14H27IO2. The fraction of sp³-hybridized carbons (Fsp3) is 1.00. The highest BCUT2D eigenvalue weighted by molar-refractivity contribution is 14.1. The predicted octanol–water partition coefficient (Wildman–Crippen LogP) is 4.20. The molecule has 0 aromatic heterocycles. The van der Waals surface area contributed by atoms with Gasteiger partial charge >= 0.3 is 0 Å². The molecule has 1 fully saturated rings. The summed E-state index contributed by atoms with van der Waals surface area (Å²) in [7, 11) is 1.75. The van der Waals surface area contributed by atoms with Crippen LogP contribution >= 0.6 is 22.6 Å². The zero-order valence-electron chi connectivity index (χ0n) is 11.3. The second-order valence-electron chi connectivity index (χ2n) is 5.24. The molecule has 0 saturated heterocycles. The lowest BCUT2D eigenvalue weighted by molar-refractivity contribution is -0.0638. The fourth-order valence-corrected chi connectivity index (χ4v) is 3.69. The van der Waals surface area contributed by atoms with Crippen LogP contribution in [0.5, 0.6) is 0 Å². The Morgan fingerprint density at radius 1 is 1.24 bits per heavy atom. The summed E-state index contributed by atoms with van der Waals surface area (Å²) >= 11 is 2.49. The van der Waals surface area contributed by atoms with Crippen LogP contribution in [-0.4, -0.2) is 30.4 Å². The summed E-state index contributed by atoms with van der Waals surface area (Å²) < 4.78 is 12.4. The summed E-state index contributed by atoms with van der Waals surface area (Å²) in [4.78, 5) is 0. The first-order chi connectivity index (χ1) is 8.26. The van der Waals surface area contributed by atoms with Crippen LogP contribution in [0.4, 0.5) is 0 Å². The van der Waals surface area contributed by atoms with Crippen molar-refractivity contribution in [1.82, 2.24) is 0 Å². The molecule has 2 nitrogen and oxygen atoms in total. The largest absolute Gasteiger partial charge is 0.385 e. The van der Waals surface area contributed by atoms with Crippen molar-refractivity contribution in [3.8, 4) is 0 Å². The lowest BCUT2D eigenvalue weighted by atomic mass is 9.78. The van der Waals surface area contributed by atoms with Crippen molar-refractivity contribution in [3.05, 3.63) is 0 Å². The molecule has 0 bridgehead atoms. The van der Waals surface area contributed by atoms with Gasteiger partial charge in [-0.2, -0.15) is 0 Å². The molecule has 0 heterocycles. The minimum absolute atomic E-state index is 0.179. The van der Waals surface area contributed by atoms with E-state index >= 15 is 0 Å². The monoisotopic (exact) mass is 354 g/mol. The minimum Gasteiger partial charge on any atom is -0.385 e. The molecule has 1 aliphatic rings. The number of rotatable bonds is 8. The van der Waals surface area contributed by atoms with Crippen LogP contribution in [0.3, 0.4) is 0 Å². The highest BCUT2D eigenvalue weighted by Crippen LogP contribution is 2.38. The summed E-state index contributed by atoms with van der Waals surface area (Å²) in [5.41, 5.74) is 0.179. The zero-order valence-corrected chi connectivity index (χ0v) is 13.5. The number of methoxy groups -OCH3 is 1. The second-order valence-corrected chi connectivity index (χ2v) is 6.01. The third-order valence-electron chi connectivity index (χ3n) is 3.86. The van der Waals surface area contributed by atoms with Gasteiger partial charge in [0.15, 0.2) is 0 Å². The number of hydrogen-bond acceptors (Lipinski definition) is 2. The molecule has 17 heavy (non-hydrogen) atoms. The summed E-state index contributed by atoms with van der Waals surface area (Å²) in [5.74, 6) is 0.957. The summed E-state index contributed by atoms with van der Waals surface area (Å²) in [6.45, 7) is 3.96. The van der Waals surface area contributed by atoms with E-state index in [1.807, 2.05) is 0 Å². The van der Waals surface area contributed by atoms with E-state index in [1.165, 1.54) is 38.5 Å². The number of alkyl halides is 1. The molecular weight excluding hydrogens is 327 g/mol. The van der Waals surface area contributed by atoms with Crippen molar-refractivity contribution in [1.29, 1.82) is 0 Å². The first-order valence-corrected chi connectivity index (χ1v) is 8.48. The van der Waals surface area contributed by atoms with E-state index in [2.05, 4.69) is 29.5 Å². The SMILES string of the molecule is CCCC1CCC(CI)(OCCCOC)CC1.